The maximum atomic E-state index is 14.2. The number of halogens is 1. The molecule has 3 atom stereocenters. The second kappa shape index (κ2) is 7.12. The van der Waals surface area contributed by atoms with E-state index in [2.05, 4.69) is 20.8 Å². The van der Waals surface area contributed by atoms with Gasteiger partial charge in [0, 0.05) is 25.2 Å². The first kappa shape index (κ1) is 18.6. The van der Waals surface area contributed by atoms with E-state index >= 15 is 0 Å². The van der Waals surface area contributed by atoms with Gasteiger partial charge < -0.3 is 10.6 Å². The van der Waals surface area contributed by atoms with Crippen molar-refractivity contribution in [1.82, 2.24) is 25.4 Å². The van der Waals surface area contributed by atoms with Crippen molar-refractivity contribution in [3.8, 4) is 0 Å². The third kappa shape index (κ3) is 2.99. The van der Waals surface area contributed by atoms with Crippen LogP contribution in [0, 0.1) is 5.82 Å². The number of likely N-dealkylation sites (N-methyl/N-ethyl adjacent to an activating group) is 1. The number of hydrazone groups is 1. The fourth-order valence-electron chi connectivity index (χ4n) is 4.40. The van der Waals surface area contributed by atoms with E-state index in [0.717, 1.165) is 12.8 Å². The molecule has 1 saturated heterocycles. The molecule has 1 fully saturated rings. The Labute approximate surface area is 172 Å². The largest absolute Gasteiger partial charge is 0.343 e. The number of aromatic nitrogens is 2. The maximum absolute atomic E-state index is 14.2. The summed E-state index contributed by atoms with van der Waals surface area (Å²) in [6.07, 6.45) is 3.41. The number of benzene rings is 1. The fraction of sp³-hybridized carbons (Fsp3) is 0.400. The zero-order valence-corrected chi connectivity index (χ0v) is 16.5. The zero-order valence-electron chi connectivity index (χ0n) is 16.5. The van der Waals surface area contributed by atoms with Crippen molar-refractivity contribution in [2.75, 3.05) is 11.9 Å². The molecule has 0 bridgehead atoms. The highest BCUT2D eigenvalue weighted by molar-refractivity contribution is 6.38. The number of nitrogens with one attached hydrogen (secondary N) is 2. The molecule has 1 unspecified atom stereocenters. The third-order valence-corrected chi connectivity index (χ3v) is 5.95. The van der Waals surface area contributed by atoms with Crippen molar-refractivity contribution >= 4 is 23.5 Å². The number of fused-ring (bicyclic) bond motifs is 2. The SMILES string of the molecule is CN1C(=O)[C@@H](NC(=O)C2=NN3C(CC[C@@H]3c3ccccc3F)N2)CCn2nccc21. The Morgan fingerprint density at radius 1 is 1.23 bits per heavy atom. The standard InChI is InChI=1S/C20H22FN7O2/c1-26-17-8-10-22-27(17)11-9-14(20(26)30)23-19(29)18-24-16-7-6-15(28(16)25-18)12-4-2-3-5-13(12)21/h2-5,8,10,14-16H,6-7,9,11H2,1H3,(H,23,29)(H,24,25)/t14-,15+,16?/m0/s1. The van der Waals surface area contributed by atoms with Crippen molar-refractivity contribution in [2.24, 2.45) is 5.10 Å². The van der Waals surface area contributed by atoms with E-state index in [1.165, 1.54) is 11.0 Å². The van der Waals surface area contributed by atoms with Gasteiger partial charge in [0.2, 0.25) is 5.84 Å². The van der Waals surface area contributed by atoms with Crippen molar-refractivity contribution in [3.63, 3.8) is 0 Å². The number of amidine groups is 1. The number of anilines is 1. The third-order valence-electron chi connectivity index (χ3n) is 5.95. The molecule has 3 aliphatic heterocycles. The minimum atomic E-state index is -0.675. The summed E-state index contributed by atoms with van der Waals surface area (Å²) < 4.78 is 16.0. The minimum absolute atomic E-state index is 0.151. The van der Waals surface area contributed by atoms with Crippen LogP contribution in [0.3, 0.4) is 0 Å². The van der Waals surface area contributed by atoms with Crippen LogP contribution >= 0.6 is 0 Å². The number of aryl methyl sites for hydroxylation is 1. The summed E-state index contributed by atoms with van der Waals surface area (Å²) in [7, 11) is 1.67. The van der Waals surface area contributed by atoms with Gasteiger partial charge in [0.1, 0.15) is 23.8 Å². The molecule has 2 aromatic rings. The van der Waals surface area contributed by atoms with E-state index < -0.39 is 11.9 Å². The molecule has 0 aliphatic carbocycles. The van der Waals surface area contributed by atoms with Gasteiger partial charge in [-0.25, -0.2) is 9.07 Å². The van der Waals surface area contributed by atoms with Crippen LogP contribution in [-0.2, 0) is 16.1 Å². The first-order valence-corrected chi connectivity index (χ1v) is 10.0. The molecular formula is C20H22FN7O2. The molecule has 1 aromatic heterocycles. The second-order valence-electron chi connectivity index (χ2n) is 7.73. The number of amides is 2. The predicted molar refractivity (Wildman–Crippen MR) is 107 cm³/mol. The van der Waals surface area contributed by atoms with Crippen LogP contribution in [0.5, 0.6) is 0 Å². The highest BCUT2D eigenvalue weighted by Gasteiger charge is 2.41. The average Bonchev–Trinajstić information content (AvgIpc) is 3.44. The monoisotopic (exact) mass is 411 g/mol. The quantitative estimate of drug-likeness (QED) is 0.784. The predicted octanol–water partition coefficient (Wildman–Crippen LogP) is 0.953. The molecule has 0 radical (unpaired) electrons. The summed E-state index contributed by atoms with van der Waals surface area (Å²) in [5.41, 5.74) is 0.571. The van der Waals surface area contributed by atoms with Gasteiger partial charge in [-0.15, -0.1) is 0 Å². The smallest absolute Gasteiger partial charge is 0.289 e. The molecular weight excluding hydrogens is 389 g/mol. The highest BCUT2D eigenvalue weighted by Crippen LogP contribution is 2.38. The lowest BCUT2D eigenvalue weighted by atomic mass is 10.0. The normalized spacial score (nSPS) is 25.3. The van der Waals surface area contributed by atoms with Gasteiger partial charge in [-0.3, -0.25) is 19.5 Å². The summed E-state index contributed by atoms with van der Waals surface area (Å²) in [6.45, 7) is 0.521. The highest BCUT2D eigenvalue weighted by atomic mass is 19.1. The van der Waals surface area contributed by atoms with E-state index in [0.29, 0.717) is 24.3 Å². The van der Waals surface area contributed by atoms with Crippen LogP contribution in [-0.4, -0.2) is 51.7 Å². The molecule has 10 heteroatoms. The lowest BCUT2D eigenvalue weighted by Crippen LogP contribution is -2.51. The minimum Gasteiger partial charge on any atom is -0.343 e. The van der Waals surface area contributed by atoms with Crippen LogP contribution in [0.25, 0.3) is 0 Å². The first-order chi connectivity index (χ1) is 14.5. The van der Waals surface area contributed by atoms with Crippen LogP contribution in [0.2, 0.25) is 0 Å². The van der Waals surface area contributed by atoms with E-state index in [4.69, 9.17) is 0 Å². The Bertz CT molecular complexity index is 1040. The molecule has 2 amide bonds. The van der Waals surface area contributed by atoms with Crippen LogP contribution < -0.4 is 15.5 Å². The molecule has 2 N–H and O–H groups in total. The Morgan fingerprint density at radius 2 is 2.07 bits per heavy atom. The Balaban J connectivity index is 1.30. The van der Waals surface area contributed by atoms with E-state index in [-0.39, 0.29) is 29.8 Å². The number of hydrogen-bond donors (Lipinski definition) is 2. The molecule has 30 heavy (non-hydrogen) atoms. The maximum Gasteiger partial charge on any atom is 0.289 e. The van der Waals surface area contributed by atoms with Gasteiger partial charge in [-0.1, -0.05) is 18.2 Å². The number of carbonyl (C=O) groups excluding carboxylic acids is 2. The van der Waals surface area contributed by atoms with Crippen molar-refractivity contribution in [2.45, 2.75) is 44.1 Å². The van der Waals surface area contributed by atoms with Crippen molar-refractivity contribution in [3.05, 3.63) is 47.9 Å². The van der Waals surface area contributed by atoms with E-state index in [1.54, 1.807) is 47.2 Å². The van der Waals surface area contributed by atoms with Crippen molar-refractivity contribution < 1.29 is 14.0 Å². The molecule has 0 saturated carbocycles. The number of nitrogens with zero attached hydrogens (tertiary/aromatic N) is 5. The van der Waals surface area contributed by atoms with Gasteiger partial charge in [-0.2, -0.15) is 10.2 Å². The topological polar surface area (TPSA) is 94.9 Å². The van der Waals surface area contributed by atoms with Crippen LogP contribution in [0.1, 0.15) is 30.9 Å². The molecule has 9 nitrogen and oxygen atoms in total. The van der Waals surface area contributed by atoms with Gasteiger partial charge in [0.15, 0.2) is 0 Å². The molecule has 5 rings (SSSR count). The Kier molecular flexibility index (Phi) is 4.41. The number of carbonyl (C=O) groups is 2. The Morgan fingerprint density at radius 3 is 2.90 bits per heavy atom. The second-order valence-corrected chi connectivity index (χ2v) is 7.73. The molecule has 3 aliphatic rings. The lowest BCUT2D eigenvalue weighted by Gasteiger charge is -2.22. The molecule has 156 valence electrons. The molecule has 0 spiro atoms. The van der Waals surface area contributed by atoms with Gasteiger partial charge in [0.05, 0.1) is 12.2 Å². The van der Waals surface area contributed by atoms with E-state index in [9.17, 15) is 14.0 Å². The summed E-state index contributed by atoms with van der Waals surface area (Å²) in [5.74, 6) is -0.0744. The summed E-state index contributed by atoms with van der Waals surface area (Å²) >= 11 is 0. The lowest BCUT2D eigenvalue weighted by molar-refractivity contribution is -0.124. The van der Waals surface area contributed by atoms with Crippen LogP contribution in [0.15, 0.2) is 41.6 Å². The summed E-state index contributed by atoms with van der Waals surface area (Å²) in [4.78, 5) is 27.1. The number of hydrogen-bond acceptors (Lipinski definition) is 6. The summed E-state index contributed by atoms with van der Waals surface area (Å²) in [5, 5.41) is 16.3. The molecule has 1 aromatic carbocycles. The van der Waals surface area contributed by atoms with Gasteiger partial charge in [-0.05, 0) is 25.3 Å². The number of rotatable bonds is 3. The fourth-order valence-corrected chi connectivity index (χ4v) is 4.40. The van der Waals surface area contributed by atoms with E-state index in [1.807, 2.05) is 0 Å². The zero-order chi connectivity index (χ0) is 20.8. The average molecular weight is 411 g/mol. The van der Waals surface area contributed by atoms with Gasteiger partial charge >= 0.3 is 0 Å². The van der Waals surface area contributed by atoms with Crippen LogP contribution in [0.4, 0.5) is 10.2 Å². The Hall–Kier alpha value is -3.43. The van der Waals surface area contributed by atoms with Crippen molar-refractivity contribution in [1.29, 1.82) is 0 Å². The molecule has 4 heterocycles. The first-order valence-electron chi connectivity index (χ1n) is 10.0. The summed E-state index contributed by atoms with van der Waals surface area (Å²) in [6, 6.07) is 7.50. The van der Waals surface area contributed by atoms with Gasteiger partial charge in [0.25, 0.3) is 11.8 Å².